The van der Waals surface area contributed by atoms with Crippen molar-refractivity contribution in [2.24, 2.45) is 7.05 Å². The summed E-state index contributed by atoms with van der Waals surface area (Å²) < 4.78 is 1.70. The lowest BCUT2D eigenvalue weighted by atomic mass is 10.3. The summed E-state index contributed by atoms with van der Waals surface area (Å²) >= 11 is 6.02. The van der Waals surface area contributed by atoms with Crippen molar-refractivity contribution in [1.82, 2.24) is 15.1 Å². The smallest absolute Gasteiger partial charge is 0.304 e. The van der Waals surface area contributed by atoms with Gasteiger partial charge in [-0.15, -0.1) is 0 Å². The molecule has 84 valence electrons. The summed E-state index contributed by atoms with van der Waals surface area (Å²) in [5.74, 6) is -0.810. The number of carboxylic acids is 1. The Morgan fingerprint density at radius 1 is 1.67 bits per heavy atom. The molecule has 0 atom stereocenters. The van der Waals surface area contributed by atoms with E-state index in [4.69, 9.17) is 16.7 Å². The third kappa shape index (κ3) is 3.21. The van der Waals surface area contributed by atoms with Gasteiger partial charge < -0.3 is 10.4 Å². The summed E-state index contributed by atoms with van der Waals surface area (Å²) in [6, 6.07) is 0. The van der Waals surface area contributed by atoms with Crippen molar-refractivity contribution in [3.8, 4) is 0 Å². The Bertz CT molecular complexity index is 362. The largest absolute Gasteiger partial charge is 0.481 e. The molecule has 0 saturated heterocycles. The average molecular weight is 232 g/mol. The molecule has 0 spiro atoms. The Hall–Kier alpha value is -1.07. The number of hydrogen-bond acceptors (Lipinski definition) is 3. The van der Waals surface area contributed by atoms with Crippen LogP contribution in [-0.2, 0) is 18.4 Å². The number of aromatic nitrogens is 2. The molecule has 0 amide bonds. The Morgan fingerprint density at radius 2 is 2.33 bits per heavy atom. The molecule has 0 aromatic carbocycles. The Balaban J connectivity index is 2.47. The van der Waals surface area contributed by atoms with Crippen molar-refractivity contribution >= 4 is 17.6 Å². The molecule has 0 unspecified atom stereocenters. The summed E-state index contributed by atoms with van der Waals surface area (Å²) in [7, 11) is 1.81. The molecule has 1 aromatic rings. The van der Waals surface area contributed by atoms with E-state index in [9.17, 15) is 4.79 Å². The topological polar surface area (TPSA) is 67.2 Å². The first-order chi connectivity index (χ1) is 7.02. The quantitative estimate of drug-likeness (QED) is 0.741. The molecule has 5 nitrogen and oxygen atoms in total. The van der Waals surface area contributed by atoms with Crippen molar-refractivity contribution in [3.63, 3.8) is 0 Å². The summed E-state index contributed by atoms with van der Waals surface area (Å²) in [5, 5.41) is 16.2. The van der Waals surface area contributed by atoms with Gasteiger partial charge in [-0.25, -0.2) is 0 Å². The van der Waals surface area contributed by atoms with Crippen LogP contribution in [0.25, 0.3) is 0 Å². The highest BCUT2D eigenvalue weighted by Crippen LogP contribution is 2.18. The van der Waals surface area contributed by atoms with Gasteiger partial charge in [0.25, 0.3) is 0 Å². The van der Waals surface area contributed by atoms with Gasteiger partial charge in [-0.3, -0.25) is 9.48 Å². The van der Waals surface area contributed by atoms with Crippen LogP contribution >= 0.6 is 11.6 Å². The van der Waals surface area contributed by atoms with Crippen LogP contribution in [0.4, 0.5) is 0 Å². The second-order valence-electron chi connectivity index (χ2n) is 3.29. The SMILES string of the molecule is Cc1nn(C)c(CNCCC(=O)O)c1Cl. The standard InChI is InChI=1S/C9H14ClN3O2/c1-6-9(10)7(13(2)12-6)5-11-4-3-8(14)15/h11H,3-5H2,1-2H3,(H,14,15). The number of aryl methyl sites for hydroxylation is 2. The van der Waals surface area contributed by atoms with E-state index in [-0.39, 0.29) is 6.42 Å². The van der Waals surface area contributed by atoms with E-state index < -0.39 is 5.97 Å². The second kappa shape index (κ2) is 5.14. The molecule has 6 heteroatoms. The van der Waals surface area contributed by atoms with E-state index >= 15 is 0 Å². The number of carboxylic acid groups (broad SMARTS) is 1. The predicted octanol–water partition coefficient (Wildman–Crippen LogP) is 0.946. The van der Waals surface area contributed by atoms with Crippen LogP contribution < -0.4 is 5.32 Å². The van der Waals surface area contributed by atoms with Gasteiger partial charge in [0.1, 0.15) is 0 Å². The van der Waals surface area contributed by atoms with Crippen LogP contribution in [0.1, 0.15) is 17.8 Å². The van der Waals surface area contributed by atoms with E-state index in [2.05, 4.69) is 10.4 Å². The van der Waals surface area contributed by atoms with Crippen molar-refractivity contribution in [3.05, 3.63) is 16.4 Å². The zero-order valence-electron chi connectivity index (χ0n) is 8.75. The van der Waals surface area contributed by atoms with Crippen molar-refractivity contribution in [2.75, 3.05) is 6.54 Å². The lowest BCUT2D eigenvalue weighted by Gasteiger charge is -2.04. The normalized spacial score (nSPS) is 10.6. The van der Waals surface area contributed by atoms with Crippen molar-refractivity contribution in [2.45, 2.75) is 19.9 Å². The molecule has 0 radical (unpaired) electrons. The highest BCUT2D eigenvalue weighted by molar-refractivity contribution is 6.31. The minimum absolute atomic E-state index is 0.106. The zero-order chi connectivity index (χ0) is 11.4. The fraction of sp³-hybridized carbons (Fsp3) is 0.556. The van der Waals surface area contributed by atoms with Gasteiger partial charge in [0.05, 0.1) is 22.8 Å². The molecule has 2 N–H and O–H groups in total. The Labute approximate surface area is 93.0 Å². The molecule has 0 saturated carbocycles. The highest BCUT2D eigenvalue weighted by atomic mass is 35.5. The van der Waals surface area contributed by atoms with Gasteiger partial charge in [0, 0.05) is 20.1 Å². The molecule has 1 heterocycles. The summed E-state index contributed by atoms with van der Waals surface area (Å²) in [6.07, 6.45) is 0.106. The van der Waals surface area contributed by atoms with Crippen LogP contribution in [-0.4, -0.2) is 27.4 Å². The van der Waals surface area contributed by atoms with Gasteiger partial charge in [0.15, 0.2) is 0 Å². The number of halogens is 1. The van der Waals surface area contributed by atoms with Crippen LogP contribution in [0.3, 0.4) is 0 Å². The summed E-state index contributed by atoms with van der Waals surface area (Å²) in [4.78, 5) is 10.3. The number of nitrogens with zero attached hydrogens (tertiary/aromatic N) is 2. The molecular weight excluding hydrogens is 218 g/mol. The Kier molecular flexibility index (Phi) is 4.11. The lowest BCUT2D eigenvalue weighted by molar-refractivity contribution is -0.136. The first kappa shape index (κ1) is 12.0. The number of carbonyl (C=O) groups is 1. The van der Waals surface area contributed by atoms with Gasteiger partial charge in [0.2, 0.25) is 0 Å². The first-order valence-electron chi connectivity index (χ1n) is 4.63. The summed E-state index contributed by atoms with van der Waals surface area (Å²) in [5.41, 5.74) is 1.66. The third-order valence-electron chi connectivity index (χ3n) is 2.07. The number of nitrogens with one attached hydrogen (secondary N) is 1. The summed E-state index contributed by atoms with van der Waals surface area (Å²) in [6.45, 7) is 2.79. The molecule has 0 aliphatic carbocycles. The molecule has 1 rings (SSSR count). The molecule has 0 aliphatic rings. The number of rotatable bonds is 5. The molecule has 15 heavy (non-hydrogen) atoms. The van der Waals surface area contributed by atoms with E-state index in [0.717, 1.165) is 11.4 Å². The maximum Gasteiger partial charge on any atom is 0.304 e. The third-order valence-corrected chi connectivity index (χ3v) is 2.56. The van der Waals surface area contributed by atoms with Crippen molar-refractivity contribution in [1.29, 1.82) is 0 Å². The average Bonchev–Trinajstić information content (AvgIpc) is 2.37. The van der Waals surface area contributed by atoms with Gasteiger partial charge in [-0.05, 0) is 6.92 Å². The lowest BCUT2D eigenvalue weighted by Crippen LogP contribution is -2.19. The highest BCUT2D eigenvalue weighted by Gasteiger charge is 2.10. The number of hydrogen-bond donors (Lipinski definition) is 2. The zero-order valence-corrected chi connectivity index (χ0v) is 9.51. The minimum Gasteiger partial charge on any atom is -0.481 e. The van der Waals surface area contributed by atoms with Gasteiger partial charge >= 0.3 is 5.97 Å². The fourth-order valence-electron chi connectivity index (χ4n) is 1.27. The molecule has 0 fully saturated rings. The minimum atomic E-state index is -0.810. The maximum absolute atomic E-state index is 10.3. The van der Waals surface area contributed by atoms with Gasteiger partial charge in [-0.2, -0.15) is 5.10 Å². The Morgan fingerprint density at radius 3 is 2.80 bits per heavy atom. The van der Waals surface area contributed by atoms with Crippen LogP contribution in [0.15, 0.2) is 0 Å². The van der Waals surface area contributed by atoms with Gasteiger partial charge in [-0.1, -0.05) is 11.6 Å². The molecule has 0 bridgehead atoms. The second-order valence-corrected chi connectivity index (χ2v) is 3.67. The van der Waals surface area contributed by atoms with Crippen LogP contribution in [0, 0.1) is 6.92 Å². The van der Waals surface area contributed by atoms with Crippen LogP contribution in [0.2, 0.25) is 5.02 Å². The predicted molar refractivity (Wildman–Crippen MR) is 56.9 cm³/mol. The monoisotopic (exact) mass is 231 g/mol. The van der Waals surface area contributed by atoms with E-state index in [1.807, 2.05) is 14.0 Å². The van der Waals surface area contributed by atoms with E-state index in [1.54, 1.807) is 4.68 Å². The maximum atomic E-state index is 10.3. The molecule has 0 aliphatic heterocycles. The van der Waals surface area contributed by atoms with E-state index in [0.29, 0.717) is 18.1 Å². The first-order valence-corrected chi connectivity index (χ1v) is 5.00. The number of aliphatic carboxylic acids is 1. The van der Waals surface area contributed by atoms with Crippen LogP contribution in [0.5, 0.6) is 0 Å². The van der Waals surface area contributed by atoms with E-state index in [1.165, 1.54) is 0 Å². The molecular formula is C9H14ClN3O2. The van der Waals surface area contributed by atoms with Crippen molar-refractivity contribution < 1.29 is 9.90 Å². The molecule has 1 aromatic heterocycles. The fourth-order valence-corrected chi connectivity index (χ4v) is 1.50.